The van der Waals surface area contributed by atoms with Gasteiger partial charge < -0.3 is 14.8 Å². The van der Waals surface area contributed by atoms with Crippen LogP contribution in [0.25, 0.3) is 0 Å². The van der Waals surface area contributed by atoms with Crippen molar-refractivity contribution in [3.63, 3.8) is 0 Å². The number of ether oxygens (including phenoxy) is 2. The molecular formula is C12H19N3O2. The summed E-state index contributed by atoms with van der Waals surface area (Å²) in [6, 6.07) is 3.79. The summed E-state index contributed by atoms with van der Waals surface area (Å²) in [5.74, 6) is 0.570. The van der Waals surface area contributed by atoms with Crippen LogP contribution >= 0.6 is 0 Å². The van der Waals surface area contributed by atoms with E-state index in [2.05, 4.69) is 22.4 Å². The maximum absolute atomic E-state index is 5.53. The molecule has 2 rings (SSSR count). The van der Waals surface area contributed by atoms with Crippen molar-refractivity contribution in [3.8, 4) is 5.88 Å². The minimum atomic E-state index is 0.221. The summed E-state index contributed by atoms with van der Waals surface area (Å²) in [6.45, 7) is 5.16. The van der Waals surface area contributed by atoms with Crippen LogP contribution in [0.5, 0.6) is 5.88 Å². The van der Waals surface area contributed by atoms with Crippen molar-refractivity contribution >= 4 is 0 Å². The number of hydrogen-bond donors (Lipinski definition) is 1. The van der Waals surface area contributed by atoms with Gasteiger partial charge in [0.1, 0.15) is 6.61 Å². The standard InChI is InChI=1S/C12H19N3O2/c1-2-13-8-10-5-6-12(15-14-10)17-9-11-4-3-7-16-11/h5-6,11,13H,2-4,7-9H2,1H3. The Bertz CT molecular complexity index is 323. The van der Waals surface area contributed by atoms with Gasteiger partial charge in [-0.3, -0.25) is 0 Å². The predicted octanol–water partition coefficient (Wildman–Crippen LogP) is 1.14. The first kappa shape index (κ1) is 12.3. The summed E-state index contributed by atoms with van der Waals surface area (Å²) in [5.41, 5.74) is 0.927. The van der Waals surface area contributed by atoms with Gasteiger partial charge in [-0.25, -0.2) is 0 Å². The highest BCUT2D eigenvalue weighted by Crippen LogP contribution is 2.13. The second-order valence-corrected chi connectivity index (χ2v) is 4.09. The second-order valence-electron chi connectivity index (χ2n) is 4.09. The fourth-order valence-corrected chi connectivity index (χ4v) is 1.73. The quantitative estimate of drug-likeness (QED) is 0.804. The third-order valence-electron chi connectivity index (χ3n) is 2.69. The van der Waals surface area contributed by atoms with E-state index in [1.807, 2.05) is 12.1 Å². The zero-order valence-electron chi connectivity index (χ0n) is 10.2. The molecule has 1 saturated heterocycles. The third kappa shape index (κ3) is 3.94. The minimum Gasteiger partial charge on any atom is -0.474 e. The van der Waals surface area contributed by atoms with Gasteiger partial charge in [-0.2, -0.15) is 5.10 Å². The lowest BCUT2D eigenvalue weighted by atomic mass is 10.2. The van der Waals surface area contributed by atoms with Crippen molar-refractivity contribution in [3.05, 3.63) is 17.8 Å². The monoisotopic (exact) mass is 237 g/mol. The molecule has 0 spiro atoms. The molecule has 1 fully saturated rings. The van der Waals surface area contributed by atoms with Gasteiger partial charge in [0.25, 0.3) is 0 Å². The molecule has 1 aliphatic rings. The molecule has 0 aromatic carbocycles. The first-order chi connectivity index (χ1) is 8.38. The van der Waals surface area contributed by atoms with E-state index in [4.69, 9.17) is 9.47 Å². The van der Waals surface area contributed by atoms with Crippen LogP contribution in [0.15, 0.2) is 12.1 Å². The van der Waals surface area contributed by atoms with Crippen LogP contribution in [-0.4, -0.2) is 36.1 Å². The van der Waals surface area contributed by atoms with E-state index in [1.165, 1.54) is 0 Å². The highest BCUT2D eigenvalue weighted by Gasteiger charge is 2.16. The van der Waals surface area contributed by atoms with Crippen molar-refractivity contribution in [1.82, 2.24) is 15.5 Å². The molecule has 1 N–H and O–H groups in total. The molecule has 1 unspecified atom stereocenters. The van der Waals surface area contributed by atoms with Gasteiger partial charge in [0, 0.05) is 19.2 Å². The van der Waals surface area contributed by atoms with E-state index in [-0.39, 0.29) is 6.10 Å². The molecule has 1 aromatic heterocycles. The molecule has 1 aliphatic heterocycles. The normalized spacial score (nSPS) is 19.5. The Labute approximate surface area is 102 Å². The van der Waals surface area contributed by atoms with E-state index in [9.17, 15) is 0 Å². The van der Waals surface area contributed by atoms with E-state index in [1.54, 1.807) is 0 Å². The fourth-order valence-electron chi connectivity index (χ4n) is 1.73. The van der Waals surface area contributed by atoms with Crippen LogP contribution in [0.2, 0.25) is 0 Å². The molecule has 1 aromatic rings. The van der Waals surface area contributed by atoms with Crippen molar-refractivity contribution in [2.45, 2.75) is 32.4 Å². The average molecular weight is 237 g/mol. The van der Waals surface area contributed by atoms with Crippen molar-refractivity contribution in [2.24, 2.45) is 0 Å². The summed E-state index contributed by atoms with van der Waals surface area (Å²) in [5, 5.41) is 11.3. The lowest BCUT2D eigenvalue weighted by Gasteiger charge is -2.10. The lowest BCUT2D eigenvalue weighted by molar-refractivity contribution is 0.0659. The molecule has 0 saturated carbocycles. The highest BCUT2D eigenvalue weighted by molar-refractivity contribution is 5.11. The Hall–Kier alpha value is -1.20. The van der Waals surface area contributed by atoms with Gasteiger partial charge >= 0.3 is 0 Å². The van der Waals surface area contributed by atoms with Gasteiger partial charge in [-0.05, 0) is 25.5 Å². The van der Waals surface area contributed by atoms with Gasteiger partial charge in [0.2, 0.25) is 5.88 Å². The molecular weight excluding hydrogens is 218 g/mol. The van der Waals surface area contributed by atoms with Gasteiger partial charge in [0.05, 0.1) is 11.8 Å². The molecule has 1 atom stereocenters. The zero-order valence-corrected chi connectivity index (χ0v) is 10.2. The highest BCUT2D eigenvalue weighted by atomic mass is 16.5. The summed E-state index contributed by atoms with van der Waals surface area (Å²) < 4.78 is 11.0. The molecule has 94 valence electrons. The minimum absolute atomic E-state index is 0.221. The van der Waals surface area contributed by atoms with Crippen LogP contribution in [-0.2, 0) is 11.3 Å². The van der Waals surface area contributed by atoms with Crippen molar-refractivity contribution in [1.29, 1.82) is 0 Å². The molecule has 2 heterocycles. The SMILES string of the molecule is CCNCc1ccc(OCC2CCCO2)nn1. The summed E-state index contributed by atoms with van der Waals surface area (Å²) in [7, 11) is 0. The molecule has 0 bridgehead atoms. The van der Waals surface area contributed by atoms with Crippen LogP contribution in [0.3, 0.4) is 0 Å². The van der Waals surface area contributed by atoms with Crippen LogP contribution in [0.4, 0.5) is 0 Å². The topological polar surface area (TPSA) is 56.3 Å². The summed E-state index contributed by atoms with van der Waals surface area (Å²) in [4.78, 5) is 0. The first-order valence-electron chi connectivity index (χ1n) is 6.16. The van der Waals surface area contributed by atoms with E-state index < -0.39 is 0 Å². The van der Waals surface area contributed by atoms with E-state index in [0.29, 0.717) is 12.5 Å². The van der Waals surface area contributed by atoms with Crippen molar-refractivity contribution in [2.75, 3.05) is 19.8 Å². The fraction of sp³-hybridized carbons (Fsp3) is 0.667. The van der Waals surface area contributed by atoms with Crippen LogP contribution in [0, 0.1) is 0 Å². The predicted molar refractivity (Wildman–Crippen MR) is 63.9 cm³/mol. The number of nitrogens with zero attached hydrogens (tertiary/aromatic N) is 2. The Morgan fingerprint density at radius 1 is 1.47 bits per heavy atom. The zero-order chi connectivity index (χ0) is 11.9. The molecule has 0 amide bonds. The van der Waals surface area contributed by atoms with Gasteiger partial charge in [0.15, 0.2) is 0 Å². The van der Waals surface area contributed by atoms with Crippen molar-refractivity contribution < 1.29 is 9.47 Å². The Balaban J connectivity index is 1.76. The number of rotatable bonds is 6. The van der Waals surface area contributed by atoms with E-state index >= 15 is 0 Å². The molecule has 0 aliphatic carbocycles. The van der Waals surface area contributed by atoms with Crippen LogP contribution in [0.1, 0.15) is 25.5 Å². The molecule has 5 nitrogen and oxygen atoms in total. The third-order valence-corrected chi connectivity index (χ3v) is 2.69. The average Bonchev–Trinajstić information content (AvgIpc) is 2.88. The van der Waals surface area contributed by atoms with E-state index in [0.717, 1.165) is 38.2 Å². The molecule has 0 radical (unpaired) electrons. The number of nitrogens with one attached hydrogen (secondary N) is 1. The Morgan fingerprint density at radius 3 is 3.06 bits per heavy atom. The number of aromatic nitrogens is 2. The maximum Gasteiger partial charge on any atom is 0.233 e. The van der Waals surface area contributed by atoms with Gasteiger partial charge in [-0.1, -0.05) is 6.92 Å². The summed E-state index contributed by atoms with van der Waals surface area (Å²) >= 11 is 0. The Morgan fingerprint density at radius 2 is 2.41 bits per heavy atom. The first-order valence-corrected chi connectivity index (χ1v) is 6.16. The Kier molecular flexibility index (Phi) is 4.70. The molecule has 17 heavy (non-hydrogen) atoms. The molecule has 5 heteroatoms. The second kappa shape index (κ2) is 6.51. The number of hydrogen-bond acceptors (Lipinski definition) is 5. The maximum atomic E-state index is 5.53. The van der Waals surface area contributed by atoms with Gasteiger partial charge in [-0.15, -0.1) is 5.10 Å². The lowest BCUT2D eigenvalue weighted by Crippen LogP contribution is -2.17. The smallest absolute Gasteiger partial charge is 0.233 e. The van der Waals surface area contributed by atoms with Crippen LogP contribution < -0.4 is 10.1 Å². The summed E-state index contributed by atoms with van der Waals surface area (Å²) in [6.07, 6.45) is 2.42. The largest absolute Gasteiger partial charge is 0.474 e.